The van der Waals surface area contributed by atoms with Crippen LogP contribution in [0, 0.1) is 11.8 Å². The lowest BCUT2D eigenvalue weighted by Gasteiger charge is -2.31. The topological polar surface area (TPSA) is 52.6 Å². The van der Waals surface area contributed by atoms with Crippen LogP contribution in [-0.2, 0) is 19.1 Å². The molecule has 0 radical (unpaired) electrons. The number of ether oxygens (including phenoxy) is 2. The van der Waals surface area contributed by atoms with Crippen molar-refractivity contribution in [1.82, 2.24) is 0 Å². The molecule has 1 aliphatic carbocycles. The van der Waals surface area contributed by atoms with Crippen LogP contribution in [0.2, 0.25) is 0 Å². The van der Waals surface area contributed by atoms with E-state index < -0.39 is 5.60 Å². The minimum Gasteiger partial charge on any atom is -0.469 e. The lowest BCUT2D eigenvalue weighted by Crippen LogP contribution is -2.28. The number of methoxy groups -OCH3 is 1. The summed E-state index contributed by atoms with van der Waals surface area (Å²) in [4.78, 5) is 23.3. The van der Waals surface area contributed by atoms with Crippen LogP contribution in [0.25, 0.3) is 0 Å². The largest absolute Gasteiger partial charge is 0.469 e. The summed E-state index contributed by atoms with van der Waals surface area (Å²) in [6.07, 6.45) is 3.61. The van der Waals surface area contributed by atoms with Gasteiger partial charge in [-0.1, -0.05) is 18.6 Å². The highest BCUT2D eigenvalue weighted by Crippen LogP contribution is 2.37. The van der Waals surface area contributed by atoms with Gasteiger partial charge in [0, 0.05) is 0 Å². The molecule has 4 heteroatoms. The van der Waals surface area contributed by atoms with Crippen LogP contribution in [0.4, 0.5) is 0 Å². The Kier molecular flexibility index (Phi) is 5.78. The summed E-state index contributed by atoms with van der Waals surface area (Å²) in [6, 6.07) is 0. The predicted molar refractivity (Wildman–Crippen MR) is 77.1 cm³/mol. The van der Waals surface area contributed by atoms with Crippen LogP contribution in [0.1, 0.15) is 52.9 Å². The van der Waals surface area contributed by atoms with Gasteiger partial charge in [-0.25, -0.2) is 0 Å². The fourth-order valence-electron chi connectivity index (χ4n) is 2.65. The normalized spacial score (nSPS) is 23.3. The maximum absolute atomic E-state index is 11.9. The monoisotopic (exact) mass is 282 g/mol. The Labute approximate surface area is 121 Å². The van der Waals surface area contributed by atoms with Crippen LogP contribution in [-0.4, -0.2) is 24.6 Å². The Morgan fingerprint density at radius 3 is 2.10 bits per heavy atom. The maximum Gasteiger partial charge on any atom is 0.306 e. The highest BCUT2D eigenvalue weighted by Gasteiger charge is 2.30. The molecule has 1 aliphatic rings. The fourth-order valence-corrected chi connectivity index (χ4v) is 2.65. The van der Waals surface area contributed by atoms with Crippen molar-refractivity contribution in [2.24, 2.45) is 11.8 Å². The average molecular weight is 282 g/mol. The SMILES string of the molecule is C=C1C(CC(=O)OC)CCC[C@H]1CC(=O)OC(C)(C)C. The van der Waals surface area contributed by atoms with E-state index in [9.17, 15) is 9.59 Å². The van der Waals surface area contributed by atoms with E-state index in [1.165, 1.54) is 7.11 Å². The van der Waals surface area contributed by atoms with Gasteiger partial charge in [-0.15, -0.1) is 0 Å². The first-order chi connectivity index (χ1) is 9.23. The number of hydrogen-bond acceptors (Lipinski definition) is 4. The zero-order valence-corrected chi connectivity index (χ0v) is 13.0. The molecule has 0 amide bonds. The molecule has 114 valence electrons. The van der Waals surface area contributed by atoms with Crippen molar-refractivity contribution >= 4 is 11.9 Å². The average Bonchev–Trinajstić information content (AvgIpc) is 2.31. The second-order valence-corrected chi connectivity index (χ2v) is 6.47. The summed E-state index contributed by atoms with van der Waals surface area (Å²) in [6.45, 7) is 9.68. The van der Waals surface area contributed by atoms with Gasteiger partial charge in [-0.3, -0.25) is 9.59 Å². The molecule has 1 fully saturated rings. The quantitative estimate of drug-likeness (QED) is 0.586. The summed E-state index contributed by atoms with van der Waals surface area (Å²) >= 11 is 0. The zero-order valence-electron chi connectivity index (χ0n) is 13.0. The third-order valence-electron chi connectivity index (χ3n) is 3.63. The third kappa shape index (κ3) is 5.35. The molecule has 0 heterocycles. The van der Waals surface area contributed by atoms with E-state index in [4.69, 9.17) is 9.47 Å². The van der Waals surface area contributed by atoms with Gasteiger partial charge < -0.3 is 9.47 Å². The van der Waals surface area contributed by atoms with Gasteiger partial charge in [0.1, 0.15) is 5.60 Å². The van der Waals surface area contributed by atoms with E-state index >= 15 is 0 Å². The van der Waals surface area contributed by atoms with Crippen molar-refractivity contribution in [3.05, 3.63) is 12.2 Å². The second-order valence-electron chi connectivity index (χ2n) is 6.47. The molecule has 0 aromatic heterocycles. The number of carbonyl (C=O) groups excluding carboxylic acids is 2. The number of hydrogen-bond donors (Lipinski definition) is 0. The van der Waals surface area contributed by atoms with Crippen molar-refractivity contribution in [1.29, 1.82) is 0 Å². The van der Waals surface area contributed by atoms with Gasteiger partial charge in [0.25, 0.3) is 0 Å². The minimum atomic E-state index is -0.460. The molecule has 20 heavy (non-hydrogen) atoms. The summed E-state index contributed by atoms with van der Waals surface area (Å²) < 4.78 is 10.1. The third-order valence-corrected chi connectivity index (χ3v) is 3.63. The molecule has 0 spiro atoms. The van der Waals surface area contributed by atoms with E-state index in [0.29, 0.717) is 12.8 Å². The van der Waals surface area contributed by atoms with Gasteiger partial charge in [-0.2, -0.15) is 0 Å². The highest BCUT2D eigenvalue weighted by atomic mass is 16.6. The van der Waals surface area contributed by atoms with E-state index in [-0.39, 0.29) is 23.8 Å². The lowest BCUT2D eigenvalue weighted by molar-refractivity contribution is -0.155. The number of carbonyl (C=O) groups is 2. The van der Waals surface area contributed by atoms with Gasteiger partial charge in [0.2, 0.25) is 0 Å². The van der Waals surface area contributed by atoms with Gasteiger partial charge >= 0.3 is 11.9 Å². The van der Waals surface area contributed by atoms with Crippen LogP contribution < -0.4 is 0 Å². The molecule has 0 saturated heterocycles. The van der Waals surface area contributed by atoms with Crippen molar-refractivity contribution in [2.75, 3.05) is 7.11 Å². The highest BCUT2D eigenvalue weighted by molar-refractivity contribution is 5.71. The zero-order chi connectivity index (χ0) is 15.3. The molecule has 0 aromatic carbocycles. The van der Waals surface area contributed by atoms with Crippen molar-refractivity contribution in [3.8, 4) is 0 Å². The predicted octanol–water partition coefficient (Wildman–Crippen LogP) is 3.25. The molecule has 0 aromatic rings. The maximum atomic E-state index is 11.9. The van der Waals surface area contributed by atoms with Gasteiger partial charge in [0.05, 0.1) is 20.0 Å². The molecule has 2 atom stereocenters. The standard InChI is InChI=1S/C16H26O4/c1-11-12(9-14(17)19-5)7-6-8-13(11)10-15(18)20-16(2,3)4/h12-13H,1,6-10H2,2-5H3/t12?,13-/m0/s1. The van der Waals surface area contributed by atoms with E-state index in [2.05, 4.69) is 6.58 Å². The van der Waals surface area contributed by atoms with Gasteiger partial charge in [-0.05, 0) is 45.4 Å². The molecule has 0 N–H and O–H groups in total. The number of allylic oxidation sites excluding steroid dienone is 1. The Morgan fingerprint density at radius 2 is 1.65 bits per heavy atom. The molecule has 0 aliphatic heterocycles. The summed E-state index contributed by atoms with van der Waals surface area (Å²) in [7, 11) is 1.39. The molecule has 4 nitrogen and oxygen atoms in total. The van der Waals surface area contributed by atoms with Crippen LogP contribution in [0.5, 0.6) is 0 Å². The second kappa shape index (κ2) is 6.91. The molecule has 0 bridgehead atoms. The first-order valence-corrected chi connectivity index (χ1v) is 7.20. The first kappa shape index (κ1) is 16.7. The number of rotatable bonds is 4. The Bertz CT molecular complexity index is 378. The summed E-state index contributed by atoms with van der Waals surface area (Å²) in [5.41, 5.74) is 0.533. The molecule has 1 rings (SSSR count). The van der Waals surface area contributed by atoms with Gasteiger partial charge in [0.15, 0.2) is 0 Å². The first-order valence-electron chi connectivity index (χ1n) is 7.20. The van der Waals surface area contributed by atoms with Crippen molar-refractivity contribution in [2.45, 2.75) is 58.5 Å². The minimum absolute atomic E-state index is 0.119. The van der Waals surface area contributed by atoms with Crippen molar-refractivity contribution < 1.29 is 19.1 Å². The van der Waals surface area contributed by atoms with E-state index in [1.54, 1.807) is 0 Å². The van der Waals surface area contributed by atoms with Crippen LogP contribution in [0.15, 0.2) is 12.2 Å². The Balaban J connectivity index is 2.56. The Morgan fingerprint density at radius 1 is 1.15 bits per heavy atom. The lowest BCUT2D eigenvalue weighted by atomic mass is 9.75. The van der Waals surface area contributed by atoms with Crippen molar-refractivity contribution in [3.63, 3.8) is 0 Å². The Hall–Kier alpha value is -1.32. The smallest absolute Gasteiger partial charge is 0.306 e. The fraction of sp³-hybridized carbons (Fsp3) is 0.750. The number of esters is 2. The molecular weight excluding hydrogens is 256 g/mol. The molecular formula is C16H26O4. The van der Waals surface area contributed by atoms with E-state index in [0.717, 1.165) is 24.8 Å². The molecule has 1 saturated carbocycles. The summed E-state index contributed by atoms with van der Waals surface area (Å²) in [5.74, 6) is -0.159. The molecule has 1 unspecified atom stereocenters. The van der Waals surface area contributed by atoms with Crippen LogP contribution in [0.3, 0.4) is 0 Å². The van der Waals surface area contributed by atoms with E-state index in [1.807, 2.05) is 20.8 Å². The van der Waals surface area contributed by atoms with Crippen LogP contribution >= 0.6 is 0 Å². The summed E-state index contributed by atoms with van der Waals surface area (Å²) in [5, 5.41) is 0.